The molecule has 0 spiro atoms. The van der Waals surface area contributed by atoms with Gasteiger partial charge < -0.3 is 5.73 Å². The highest BCUT2D eigenvalue weighted by Gasteiger charge is 1.96. The maximum atomic E-state index is 5.66. The van der Waals surface area contributed by atoms with Crippen LogP contribution in [0.2, 0.25) is 0 Å². The lowest BCUT2D eigenvalue weighted by Crippen LogP contribution is -2.13. The molecule has 1 aromatic heterocycles. The van der Waals surface area contributed by atoms with Crippen molar-refractivity contribution in [2.75, 3.05) is 5.75 Å². The van der Waals surface area contributed by atoms with Gasteiger partial charge in [0.15, 0.2) is 0 Å². The number of hydrogen-bond acceptors (Lipinski definition) is 3. The van der Waals surface area contributed by atoms with Crippen molar-refractivity contribution in [3.8, 4) is 0 Å². The molecule has 2 N–H and O–H groups in total. The lowest BCUT2D eigenvalue weighted by atomic mass is 10.2. The molecule has 13 heavy (non-hydrogen) atoms. The van der Waals surface area contributed by atoms with Gasteiger partial charge in [0.25, 0.3) is 0 Å². The van der Waals surface area contributed by atoms with Crippen molar-refractivity contribution in [1.29, 1.82) is 0 Å². The van der Waals surface area contributed by atoms with Gasteiger partial charge in [-0.05, 0) is 37.0 Å². The molecule has 74 valence electrons. The summed E-state index contributed by atoms with van der Waals surface area (Å²) >= 11 is 3.78. The molecular formula is C10H17NS2. The Morgan fingerprint density at radius 2 is 2.38 bits per heavy atom. The standard InChI is InChI=1S/C10H17NS2/c1-9(11)5-2-3-7-12-10-6-4-8-13-10/h4,6,8-9H,2-3,5,7,11H2,1H3. The summed E-state index contributed by atoms with van der Waals surface area (Å²) in [6.45, 7) is 2.08. The van der Waals surface area contributed by atoms with Crippen molar-refractivity contribution in [2.45, 2.75) is 36.4 Å². The lowest BCUT2D eigenvalue weighted by Gasteiger charge is -2.03. The molecule has 1 aromatic rings. The Morgan fingerprint density at radius 3 is 3.00 bits per heavy atom. The summed E-state index contributed by atoms with van der Waals surface area (Å²) in [4.78, 5) is 0. The minimum absolute atomic E-state index is 0.367. The first-order chi connectivity index (χ1) is 6.29. The average molecular weight is 215 g/mol. The van der Waals surface area contributed by atoms with E-state index in [0.29, 0.717) is 6.04 Å². The van der Waals surface area contributed by atoms with Crippen LogP contribution in [0.25, 0.3) is 0 Å². The summed E-state index contributed by atoms with van der Waals surface area (Å²) < 4.78 is 1.43. The molecule has 0 aromatic carbocycles. The predicted octanol–water partition coefficient (Wildman–Crippen LogP) is 3.36. The fourth-order valence-electron chi connectivity index (χ4n) is 1.09. The molecule has 1 rings (SSSR count). The Balaban J connectivity index is 1.96. The third-order valence-electron chi connectivity index (χ3n) is 1.79. The van der Waals surface area contributed by atoms with Crippen LogP contribution in [0.5, 0.6) is 0 Å². The summed E-state index contributed by atoms with van der Waals surface area (Å²) in [5, 5.41) is 2.13. The van der Waals surface area contributed by atoms with Gasteiger partial charge in [0, 0.05) is 6.04 Å². The van der Waals surface area contributed by atoms with Gasteiger partial charge in [-0.15, -0.1) is 23.1 Å². The Kier molecular flexibility index (Phi) is 5.51. The zero-order chi connectivity index (χ0) is 9.52. The Morgan fingerprint density at radius 1 is 1.54 bits per heavy atom. The first kappa shape index (κ1) is 11.1. The van der Waals surface area contributed by atoms with Crippen molar-refractivity contribution in [2.24, 2.45) is 5.73 Å². The second-order valence-corrected chi connectivity index (χ2v) is 5.60. The van der Waals surface area contributed by atoms with E-state index in [9.17, 15) is 0 Å². The van der Waals surface area contributed by atoms with Crippen LogP contribution in [-0.4, -0.2) is 11.8 Å². The van der Waals surface area contributed by atoms with Crippen LogP contribution >= 0.6 is 23.1 Å². The Labute approximate surface area is 88.7 Å². The number of nitrogens with two attached hydrogens (primary N) is 1. The van der Waals surface area contributed by atoms with Crippen LogP contribution in [0.15, 0.2) is 21.7 Å². The van der Waals surface area contributed by atoms with Gasteiger partial charge in [-0.1, -0.05) is 12.5 Å². The van der Waals surface area contributed by atoms with Gasteiger partial charge in [-0.3, -0.25) is 0 Å². The van der Waals surface area contributed by atoms with Gasteiger partial charge in [0.2, 0.25) is 0 Å². The largest absolute Gasteiger partial charge is 0.328 e. The fraction of sp³-hybridized carbons (Fsp3) is 0.600. The molecule has 0 aliphatic heterocycles. The van der Waals surface area contributed by atoms with Crippen LogP contribution in [0.1, 0.15) is 26.2 Å². The summed E-state index contributed by atoms with van der Waals surface area (Å²) in [5.41, 5.74) is 5.66. The van der Waals surface area contributed by atoms with Crippen LogP contribution in [0.3, 0.4) is 0 Å². The Bertz CT molecular complexity index is 207. The van der Waals surface area contributed by atoms with Crippen molar-refractivity contribution >= 4 is 23.1 Å². The molecule has 0 aliphatic rings. The van der Waals surface area contributed by atoms with Crippen LogP contribution < -0.4 is 5.73 Å². The second-order valence-electron chi connectivity index (χ2n) is 3.25. The van der Waals surface area contributed by atoms with Crippen LogP contribution in [0, 0.1) is 0 Å². The van der Waals surface area contributed by atoms with Gasteiger partial charge in [-0.2, -0.15) is 0 Å². The minimum Gasteiger partial charge on any atom is -0.328 e. The number of unbranched alkanes of at least 4 members (excludes halogenated alkanes) is 1. The summed E-state index contributed by atoms with van der Waals surface area (Å²) in [6.07, 6.45) is 3.70. The van der Waals surface area contributed by atoms with Gasteiger partial charge in [-0.25, -0.2) is 0 Å². The molecule has 3 heteroatoms. The van der Waals surface area contributed by atoms with Crippen molar-refractivity contribution < 1.29 is 0 Å². The molecule has 0 saturated carbocycles. The fourth-order valence-corrected chi connectivity index (χ4v) is 2.95. The normalized spacial score (nSPS) is 13.1. The zero-order valence-electron chi connectivity index (χ0n) is 8.03. The molecule has 1 nitrogen and oxygen atoms in total. The highest BCUT2D eigenvalue weighted by atomic mass is 32.2. The topological polar surface area (TPSA) is 26.0 Å². The van der Waals surface area contributed by atoms with E-state index in [1.165, 1.54) is 22.8 Å². The smallest absolute Gasteiger partial charge is 0.0598 e. The minimum atomic E-state index is 0.367. The maximum absolute atomic E-state index is 5.66. The Hall–Kier alpha value is 0.01000. The van der Waals surface area contributed by atoms with E-state index < -0.39 is 0 Å². The molecule has 0 saturated heterocycles. The molecule has 0 aliphatic carbocycles. The van der Waals surface area contributed by atoms with Crippen molar-refractivity contribution in [3.63, 3.8) is 0 Å². The number of hydrogen-bond donors (Lipinski definition) is 1. The van der Waals surface area contributed by atoms with Crippen molar-refractivity contribution in [3.05, 3.63) is 17.5 Å². The van der Waals surface area contributed by atoms with Crippen LogP contribution in [0.4, 0.5) is 0 Å². The van der Waals surface area contributed by atoms with Gasteiger partial charge >= 0.3 is 0 Å². The SMILES string of the molecule is CC(N)CCCCSc1cccs1. The maximum Gasteiger partial charge on any atom is 0.0598 e. The molecule has 1 unspecified atom stereocenters. The lowest BCUT2D eigenvalue weighted by molar-refractivity contribution is 0.618. The molecule has 0 amide bonds. The highest BCUT2D eigenvalue weighted by Crippen LogP contribution is 2.24. The van der Waals surface area contributed by atoms with E-state index in [-0.39, 0.29) is 0 Å². The van der Waals surface area contributed by atoms with E-state index in [1.807, 2.05) is 23.1 Å². The van der Waals surface area contributed by atoms with E-state index >= 15 is 0 Å². The van der Waals surface area contributed by atoms with Crippen LogP contribution in [-0.2, 0) is 0 Å². The van der Waals surface area contributed by atoms with E-state index in [2.05, 4.69) is 24.4 Å². The first-order valence-corrected chi connectivity index (χ1v) is 6.57. The molecule has 0 bridgehead atoms. The average Bonchev–Trinajstić information content (AvgIpc) is 2.55. The first-order valence-electron chi connectivity index (χ1n) is 4.71. The summed E-state index contributed by atoms with van der Waals surface area (Å²) in [7, 11) is 0. The van der Waals surface area contributed by atoms with Crippen molar-refractivity contribution in [1.82, 2.24) is 0 Å². The molecule has 1 atom stereocenters. The third-order valence-corrected chi connectivity index (χ3v) is 4.01. The monoisotopic (exact) mass is 215 g/mol. The quantitative estimate of drug-likeness (QED) is 0.581. The highest BCUT2D eigenvalue weighted by molar-refractivity contribution is 8.01. The number of thioether (sulfide) groups is 1. The van der Waals surface area contributed by atoms with Gasteiger partial charge in [0.1, 0.15) is 0 Å². The third kappa shape index (κ3) is 5.34. The van der Waals surface area contributed by atoms with Gasteiger partial charge in [0.05, 0.1) is 4.21 Å². The molecular weight excluding hydrogens is 198 g/mol. The predicted molar refractivity (Wildman–Crippen MR) is 62.5 cm³/mol. The zero-order valence-corrected chi connectivity index (χ0v) is 9.66. The summed E-state index contributed by atoms with van der Waals surface area (Å²) in [5.74, 6) is 1.23. The van der Waals surface area contributed by atoms with E-state index in [0.717, 1.165) is 6.42 Å². The molecule has 0 radical (unpaired) electrons. The summed E-state index contributed by atoms with van der Waals surface area (Å²) in [6, 6.07) is 4.65. The van der Waals surface area contributed by atoms with E-state index in [4.69, 9.17) is 5.73 Å². The number of thiophene rings is 1. The molecule has 1 heterocycles. The number of rotatable bonds is 6. The molecule has 0 fully saturated rings. The van der Waals surface area contributed by atoms with E-state index in [1.54, 1.807) is 0 Å². The second kappa shape index (κ2) is 6.46.